The Morgan fingerprint density at radius 1 is 1.29 bits per heavy atom. The van der Waals surface area contributed by atoms with E-state index in [0.717, 1.165) is 32.1 Å². The van der Waals surface area contributed by atoms with Crippen molar-refractivity contribution < 1.29 is 9.90 Å². The van der Waals surface area contributed by atoms with Crippen LogP contribution in [0.5, 0.6) is 0 Å². The number of aliphatic hydroxyl groups excluding tert-OH is 1. The number of carbonyl (C=O) groups excluding carboxylic acids is 1. The van der Waals surface area contributed by atoms with Crippen molar-refractivity contribution in [2.45, 2.75) is 77.9 Å². The zero-order valence-corrected chi connectivity index (χ0v) is 15.3. The topological polar surface area (TPSA) is 40.5 Å². The molecule has 0 spiro atoms. The fourth-order valence-corrected chi connectivity index (χ4v) is 2.57. The third-order valence-corrected chi connectivity index (χ3v) is 4.24. The summed E-state index contributed by atoms with van der Waals surface area (Å²) in [6.45, 7) is 6.65. The molecule has 0 unspecified atom stereocenters. The van der Waals surface area contributed by atoms with Gasteiger partial charge in [-0.1, -0.05) is 45.3 Å². The summed E-state index contributed by atoms with van der Waals surface area (Å²) in [7, 11) is 0. The van der Waals surface area contributed by atoms with Gasteiger partial charge in [-0.05, 0) is 18.8 Å². The van der Waals surface area contributed by atoms with Gasteiger partial charge in [0.15, 0.2) is 0 Å². The Hall–Kier alpha value is -1.71. The van der Waals surface area contributed by atoms with Crippen LogP contribution in [-0.2, 0) is 4.79 Å². The van der Waals surface area contributed by atoms with Crippen molar-refractivity contribution in [1.82, 2.24) is 4.90 Å². The van der Waals surface area contributed by atoms with E-state index >= 15 is 0 Å². The summed E-state index contributed by atoms with van der Waals surface area (Å²) in [4.78, 5) is 13.8. The van der Waals surface area contributed by atoms with Gasteiger partial charge in [0, 0.05) is 25.7 Å². The number of unbranched alkanes of at least 4 members (excludes halogenated alkanes) is 2. The Balaban J connectivity index is 2.53. The van der Waals surface area contributed by atoms with Gasteiger partial charge in [-0.2, -0.15) is 0 Å². The minimum absolute atomic E-state index is 0.0570. The van der Waals surface area contributed by atoms with E-state index in [9.17, 15) is 9.90 Å². The first-order valence-electron chi connectivity index (χ1n) is 9.17. The van der Waals surface area contributed by atoms with E-state index < -0.39 is 6.10 Å². The first kappa shape index (κ1) is 20.3. The lowest BCUT2D eigenvalue weighted by molar-refractivity contribution is -0.127. The fraction of sp³-hybridized carbons (Fsp3) is 0.667. The van der Waals surface area contributed by atoms with Crippen LogP contribution in [-0.4, -0.2) is 34.6 Å². The smallest absolute Gasteiger partial charge is 0.223 e. The highest BCUT2D eigenvalue weighted by atomic mass is 16.3. The molecule has 3 atom stereocenters. The fourth-order valence-electron chi connectivity index (χ4n) is 2.57. The van der Waals surface area contributed by atoms with Gasteiger partial charge in [0.1, 0.15) is 0 Å². The summed E-state index contributed by atoms with van der Waals surface area (Å²) in [5.41, 5.74) is 0. The van der Waals surface area contributed by atoms with E-state index in [-0.39, 0.29) is 17.9 Å². The second-order valence-corrected chi connectivity index (χ2v) is 6.35. The van der Waals surface area contributed by atoms with E-state index in [0.29, 0.717) is 19.4 Å². The van der Waals surface area contributed by atoms with Crippen molar-refractivity contribution in [1.29, 1.82) is 0 Å². The molecule has 1 aliphatic heterocycles. The quantitative estimate of drug-likeness (QED) is 0.441. The molecule has 0 aromatic carbocycles. The lowest BCUT2D eigenvalue weighted by atomic mass is 10.00. The van der Waals surface area contributed by atoms with E-state index in [1.165, 1.54) is 0 Å². The summed E-state index contributed by atoms with van der Waals surface area (Å²) in [6.07, 6.45) is 9.32. The second kappa shape index (κ2) is 11.8. The molecular weight excluding hydrogens is 298 g/mol. The van der Waals surface area contributed by atoms with Gasteiger partial charge < -0.3 is 10.0 Å². The van der Waals surface area contributed by atoms with Crippen LogP contribution in [0.1, 0.15) is 65.7 Å². The number of amides is 1. The van der Waals surface area contributed by atoms with Crippen LogP contribution in [0.25, 0.3) is 0 Å². The number of carbonyl (C=O) groups is 1. The van der Waals surface area contributed by atoms with Crippen LogP contribution < -0.4 is 0 Å². The van der Waals surface area contributed by atoms with Gasteiger partial charge in [0.2, 0.25) is 5.91 Å². The number of rotatable bonds is 7. The van der Waals surface area contributed by atoms with Crippen LogP contribution in [0.15, 0.2) is 12.2 Å². The number of likely N-dealkylation sites (tertiary alicyclic amines) is 1. The van der Waals surface area contributed by atoms with Crippen molar-refractivity contribution >= 4 is 5.91 Å². The molecule has 1 saturated heterocycles. The molecule has 0 aliphatic carbocycles. The van der Waals surface area contributed by atoms with E-state index in [2.05, 4.69) is 30.6 Å². The van der Waals surface area contributed by atoms with Crippen molar-refractivity contribution in [2.75, 3.05) is 6.54 Å². The predicted molar refractivity (Wildman–Crippen MR) is 99.0 cm³/mol. The monoisotopic (exact) mass is 329 g/mol. The van der Waals surface area contributed by atoms with Gasteiger partial charge in [0.25, 0.3) is 0 Å². The standard InChI is InChI=1S/C21H31NO2/c1-4-6-8-9-11-17-22-19(14-16-21(22)24)13-15-20(23)18(3)12-10-7-5-2/h13,15,18-20,23H,4-6,8,12,14,16-17H2,1-3H3/b15-13+/t18-,19-,20+/m0/s1. The summed E-state index contributed by atoms with van der Waals surface area (Å²) < 4.78 is 0. The molecule has 1 aliphatic rings. The molecule has 0 bridgehead atoms. The zero-order chi connectivity index (χ0) is 17.8. The first-order valence-corrected chi connectivity index (χ1v) is 9.17. The predicted octanol–water partition coefficient (Wildman–Crippen LogP) is 3.53. The van der Waals surface area contributed by atoms with Crippen LogP contribution in [0.2, 0.25) is 0 Å². The van der Waals surface area contributed by atoms with Crippen molar-refractivity contribution in [3.05, 3.63) is 12.2 Å². The third kappa shape index (κ3) is 7.24. The van der Waals surface area contributed by atoms with Gasteiger partial charge in [0.05, 0.1) is 18.7 Å². The molecule has 1 fully saturated rings. The maximum Gasteiger partial charge on any atom is 0.223 e. The molecule has 1 heterocycles. The van der Waals surface area contributed by atoms with Gasteiger partial charge in [-0.3, -0.25) is 4.79 Å². The number of hydrogen-bond acceptors (Lipinski definition) is 2. The molecule has 3 heteroatoms. The summed E-state index contributed by atoms with van der Waals surface area (Å²) in [5.74, 6) is 12.6. The Morgan fingerprint density at radius 2 is 2.08 bits per heavy atom. The molecule has 0 saturated carbocycles. The van der Waals surface area contributed by atoms with Gasteiger partial charge >= 0.3 is 0 Å². The molecule has 132 valence electrons. The molecule has 24 heavy (non-hydrogen) atoms. The van der Waals surface area contributed by atoms with Crippen LogP contribution in [0, 0.1) is 29.6 Å². The van der Waals surface area contributed by atoms with E-state index in [4.69, 9.17) is 0 Å². The van der Waals surface area contributed by atoms with E-state index in [1.54, 1.807) is 0 Å². The highest BCUT2D eigenvalue weighted by molar-refractivity contribution is 5.79. The minimum Gasteiger partial charge on any atom is -0.389 e. The minimum atomic E-state index is -0.524. The normalized spacial score (nSPS) is 19.6. The highest BCUT2D eigenvalue weighted by Gasteiger charge is 2.28. The molecule has 1 rings (SSSR count). The number of nitrogens with zero attached hydrogens (tertiary/aromatic N) is 1. The van der Waals surface area contributed by atoms with Crippen molar-refractivity contribution in [2.24, 2.45) is 5.92 Å². The first-order chi connectivity index (χ1) is 11.6. The Morgan fingerprint density at radius 3 is 2.79 bits per heavy atom. The van der Waals surface area contributed by atoms with Crippen LogP contribution in [0.3, 0.4) is 0 Å². The summed E-state index contributed by atoms with van der Waals surface area (Å²) in [5, 5.41) is 10.2. The molecule has 0 aromatic rings. The average Bonchev–Trinajstić information content (AvgIpc) is 2.92. The number of aliphatic hydroxyl groups is 1. The molecule has 3 nitrogen and oxygen atoms in total. The molecule has 0 aromatic heterocycles. The Bertz CT molecular complexity index is 530. The zero-order valence-electron chi connectivity index (χ0n) is 15.3. The van der Waals surface area contributed by atoms with Gasteiger partial charge in [-0.25, -0.2) is 0 Å². The molecule has 0 radical (unpaired) electrons. The third-order valence-electron chi connectivity index (χ3n) is 4.24. The lowest BCUT2D eigenvalue weighted by Gasteiger charge is -2.20. The Labute approximate surface area is 147 Å². The molecule has 1 N–H and O–H groups in total. The molecule has 1 amide bonds. The van der Waals surface area contributed by atoms with Crippen molar-refractivity contribution in [3.63, 3.8) is 0 Å². The SMILES string of the molecule is CCC#CC[C@H](C)[C@H](O)/C=C/[C@H]1CCC(=O)N1CC#CCCCC. The Kier molecular flexibility index (Phi) is 9.97. The van der Waals surface area contributed by atoms with Crippen LogP contribution in [0.4, 0.5) is 0 Å². The lowest BCUT2D eigenvalue weighted by Crippen LogP contribution is -2.32. The summed E-state index contributed by atoms with van der Waals surface area (Å²) in [6, 6.07) is 0.0570. The molecular formula is C21H31NO2. The second-order valence-electron chi connectivity index (χ2n) is 6.35. The largest absolute Gasteiger partial charge is 0.389 e. The summed E-state index contributed by atoms with van der Waals surface area (Å²) >= 11 is 0. The average molecular weight is 329 g/mol. The maximum atomic E-state index is 12.0. The number of hydrogen-bond donors (Lipinski definition) is 1. The maximum absolute atomic E-state index is 12.0. The van der Waals surface area contributed by atoms with Crippen molar-refractivity contribution in [3.8, 4) is 23.7 Å². The highest BCUT2D eigenvalue weighted by Crippen LogP contribution is 2.20. The van der Waals surface area contributed by atoms with Gasteiger partial charge in [-0.15, -0.1) is 17.8 Å². The van der Waals surface area contributed by atoms with Crippen LogP contribution >= 0.6 is 0 Å². The van der Waals surface area contributed by atoms with E-state index in [1.807, 2.05) is 30.9 Å².